The Morgan fingerprint density at radius 3 is 2.20 bits per heavy atom. The molecule has 0 aliphatic carbocycles. The molecule has 1 N–H and O–H groups in total. The van der Waals surface area contributed by atoms with Gasteiger partial charge >= 0.3 is 5.97 Å². The second-order valence-corrected chi connectivity index (χ2v) is 6.37. The first-order valence-corrected chi connectivity index (χ1v) is 8.72. The highest BCUT2D eigenvalue weighted by Crippen LogP contribution is 2.28. The number of hydrogen-bond acceptors (Lipinski definition) is 3. The van der Waals surface area contributed by atoms with Gasteiger partial charge in [-0.05, 0) is 30.7 Å². The summed E-state index contributed by atoms with van der Waals surface area (Å²) in [5.74, 6) is -0.942. The Kier molecular flexibility index (Phi) is 7.12. The van der Waals surface area contributed by atoms with E-state index < -0.39 is 17.9 Å². The van der Waals surface area contributed by atoms with Crippen LogP contribution < -0.4 is 5.32 Å². The van der Waals surface area contributed by atoms with Crippen molar-refractivity contribution in [2.24, 2.45) is 0 Å². The van der Waals surface area contributed by atoms with Crippen molar-refractivity contribution in [3.8, 4) is 0 Å². The Labute approximate surface area is 161 Å². The normalized spacial score (nSPS) is 11.7. The maximum Gasteiger partial charge on any atom is 0.308 e. The van der Waals surface area contributed by atoms with Crippen LogP contribution in [0.5, 0.6) is 0 Å². The van der Waals surface area contributed by atoms with Gasteiger partial charge in [0.1, 0.15) is 0 Å². The number of carbonyl (C=O) groups excluding carboxylic acids is 2. The fourth-order valence-electron chi connectivity index (χ4n) is 2.33. The summed E-state index contributed by atoms with van der Waals surface area (Å²) in [6.07, 6.45) is -0.0641. The Balaban J connectivity index is 2.31. The molecule has 0 saturated heterocycles. The van der Waals surface area contributed by atoms with Gasteiger partial charge in [0.2, 0.25) is 0 Å². The van der Waals surface area contributed by atoms with Crippen LogP contribution in [0.3, 0.4) is 0 Å². The molecule has 0 fully saturated rings. The van der Waals surface area contributed by atoms with Gasteiger partial charge in [-0.15, -0.1) is 0 Å². The summed E-state index contributed by atoms with van der Waals surface area (Å²) < 4.78 is 4.98. The molecule has 0 unspecified atom stereocenters. The summed E-state index contributed by atoms with van der Waals surface area (Å²) >= 11 is 18.4. The number of esters is 1. The van der Waals surface area contributed by atoms with E-state index in [0.717, 1.165) is 0 Å². The van der Waals surface area contributed by atoms with Crippen LogP contribution in [0.1, 0.15) is 35.3 Å². The van der Waals surface area contributed by atoms with Gasteiger partial charge < -0.3 is 10.1 Å². The van der Waals surface area contributed by atoms with Crippen molar-refractivity contribution < 1.29 is 14.3 Å². The van der Waals surface area contributed by atoms with Crippen molar-refractivity contribution in [2.45, 2.75) is 19.4 Å². The SMILES string of the molecule is CCOC(=O)C[C@H](NC(=O)c1c(Cl)cccc1Cl)c1ccccc1Cl. The number of amides is 1. The quantitative estimate of drug-likeness (QED) is 0.689. The molecule has 0 heterocycles. The fourth-order valence-corrected chi connectivity index (χ4v) is 3.16. The summed E-state index contributed by atoms with van der Waals surface area (Å²) in [4.78, 5) is 24.6. The molecule has 0 bridgehead atoms. The largest absolute Gasteiger partial charge is 0.466 e. The monoisotopic (exact) mass is 399 g/mol. The number of hydrogen-bond donors (Lipinski definition) is 1. The molecule has 4 nitrogen and oxygen atoms in total. The van der Waals surface area contributed by atoms with Crippen LogP contribution in [0.25, 0.3) is 0 Å². The summed E-state index contributed by atoms with van der Waals surface area (Å²) in [5, 5.41) is 3.64. The first kappa shape index (κ1) is 19.6. The molecule has 2 rings (SSSR count). The number of carbonyl (C=O) groups is 2. The molecule has 2 aromatic carbocycles. The van der Waals surface area contributed by atoms with Crippen molar-refractivity contribution >= 4 is 46.7 Å². The van der Waals surface area contributed by atoms with Crippen LogP contribution in [0, 0.1) is 0 Å². The van der Waals surface area contributed by atoms with E-state index in [2.05, 4.69) is 5.32 Å². The van der Waals surface area contributed by atoms with Crippen LogP contribution in [0.15, 0.2) is 42.5 Å². The first-order valence-electron chi connectivity index (χ1n) is 7.59. The Morgan fingerprint density at radius 1 is 1.00 bits per heavy atom. The standard InChI is InChI=1S/C18H16Cl3NO3/c1-2-25-16(23)10-15(11-6-3-4-7-12(11)19)22-18(24)17-13(20)8-5-9-14(17)21/h3-9,15H,2,10H2,1H3,(H,22,24)/t15-/m0/s1. The lowest BCUT2D eigenvalue weighted by molar-refractivity contribution is -0.143. The summed E-state index contributed by atoms with van der Waals surface area (Å²) in [6.45, 7) is 1.96. The number of nitrogens with one attached hydrogen (secondary N) is 1. The van der Waals surface area contributed by atoms with E-state index in [4.69, 9.17) is 39.5 Å². The second-order valence-electron chi connectivity index (χ2n) is 5.15. The third-order valence-electron chi connectivity index (χ3n) is 3.45. The summed E-state index contributed by atoms with van der Waals surface area (Å²) in [7, 11) is 0. The van der Waals surface area contributed by atoms with Gasteiger partial charge in [-0.25, -0.2) is 0 Å². The van der Waals surface area contributed by atoms with E-state index in [-0.39, 0.29) is 28.6 Å². The predicted molar refractivity (Wildman–Crippen MR) is 99.4 cm³/mol. The molecule has 132 valence electrons. The molecule has 0 aromatic heterocycles. The van der Waals surface area contributed by atoms with Crippen molar-refractivity contribution in [2.75, 3.05) is 6.61 Å². The van der Waals surface area contributed by atoms with Crippen molar-refractivity contribution in [1.82, 2.24) is 5.32 Å². The van der Waals surface area contributed by atoms with Gasteiger partial charge in [-0.1, -0.05) is 59.1 Å². The summed E-state index contributed by atoms with van der Waals surface area (Å²) in [5.41, 5.74) is 0.750. The van der Waals surface area contributed by atoms with Crippen LogP contribution in [0.4, 0.5) is 0 Å². The second kappa shape index (κ2) is 9.09. The van der Waals surface area contributed by atoms with Crippen molar-refractivity contribution in [1.29, 1.82) is 0 Å². The molecule has 0 spiro atoms. The van der Waals surface area contributed by atoms with Gasteiger partial charge in [0.15, 0.2) is 0 Å². The fraction of sp³-hybridized carbons (Fsp3) is 0.222. The molecular weight excluding hydrogens is 385 g/mol. The lowest BCUT2D eigenvalue weighted by Gasteiger charge is -2.20. The highest BCUT2D eigenvalue weighted by Gasteiger charge is 2.24. The summed E-state index contributed by atoms with van der Waals surface area (Å²) in [6, 6.07) is 11.1. The zero-order chi connectivity index (χ0) is 18.4. The van der Waals surface area contributed by atoms with Crippen LogP contribution in [-0.4, -0.2) is 18.5 Å². The molecular formula is C18H16Cl3NO3. The zero-order valence-corrected chi connectivity index (χ0v) is 15.7. The lowest BCUT2D eigenvalue weighted by Crippen LogP contribution is -2.31. The van der Waals surface area contributed by atoms with E-state index in [9.17, 15) is 9.59 Å². The van der Waals surface area contributed by atoms with E-state index in [0.29, 0.717) is 10.6 Å². The van der Waals surface area contributed by atoms with Crippen LogP contribution >= 0.6 is 34.8 Å². The average Bonchev–Trinajstić information content (AvgIpc) is 2.54. The zero-order valence-electron chi connectivity index (χ0n) is 13.4. The molecule has 0 radical (unpaired) electrons. The number of benzene rings is 2. The van der Waals surface area contributed by atoms with E-state index >= 15 is 0 Å². The molecule has 1 atom stereocenters. The first-order chi connectivity index (χ1) is 11.9. The van der Waals surface area contributed by atoms with Gasteiger partial charge in [0, 0.05) is 5.02 Å². The Morgan fingerprint density at radius 2 is 1.60 bits per heavy atom. The lowest BCUT2D eigenvalue weighted by atomic mass is 10.0. The van der Waals surface area contributed by atoms with Gasteiger partial charge in [-0.3, -0.25) is 9.59 Å². The third-order valence-corrected chi connectivity index (χ3v) is 4.43. The molecule has 0 aliphatic heterocycles. The smallest absolute Gasteiger partial charge is 0.308 e. The van der Waals surface area contributed by atoms with Gasteiger partial charge in [-0.2, -0.15) is 0 Å². The third kappa shape index (κ3) is 5.11. The molecule has 2 aromatic rings. The topological polar surface area (TPSA) is 55.4 Å². The van der Waals surface area contributed by atoms with E-state index in [1.54, 1.807) is 49.4 Å². The van der Waals surface area contributed by atoms with Gasteiger partial charge in [0.25, 0.3) is 5.91 Å². The highest BCUT2D eigenvalue weighted by molar-refractivity contribution is 6.39. The van der Waals surface area contributed by atoms with Crippen molar-refractivity contribution in [3.63, 3.8) is 0 Å². The molecule has 0 aliphatic rings. The Hall–Kier alpha value is -1.75. The number of halogens is 3. The molecule has 0 saturated carbocycles. The maximum absolute atomic E-state index is 12.6. The van der Waals surface area contributed by atoms with Crippen LogP contribution in [-0.2, 0) is 9.53 Å². The van der Waals surface area contributed by atoms with Crippen molar-refractivity contribution in [3.05, 3.63) is 68.7 Å². The minimum absolute atomic E-state index is 0.0641. The van der Waals surface area contributed by atoms with E-state index in [1.165, 1.54) is 0 Å². The predicted octanol–water partition coefficient (Wildman–Crippen LogP) is 5.07. The van der Waals surface area contributed by atoms with Crippen LogP contribution in [0.2, 0.25) is 15.1 Å². The number of ether oxygens (including phenoxy) is 1. The number of rotatable bonds is 6. The molecule has 7 heteroatoms. The highest BCUT2D eigenvalue weighted by atomic mass is 35.5. The minimum atomic E-state index is -0.674. The van der Waals surface area contributed by atoms with E-state index in [1.807, 2.05) is 0 Å². The Bertz CT molecular complexity index is 760. The average molecular weight is 401 g/mol. The maximum atomic E-state index is 12.6. The molecule has 25 heavy (non-hydrogen) atoms. The minimum Gasteiger partial charge on any atom is -0.466 e. The molecule has 1 amide bonds. The van der Waals surface area contributed by atoms with Gasteiger partial charge in [0.05, 0.1) is 34.7 Å².